The van der Waals surface area contributed by atoms with Gasteiger partial charge >= 0.3 is 0 Å². The maximum atomic E-state index is 12.6. The molecule has 1 heterocycles. The summed E-state index contributed by atoms with van der Waals surface area (Å²) in [5.41, 5.74) is 0. The van der Waals surface area contributed by atoms with Gasteiger partial charge in [-0.25, -0.2) is 22.0 Å². The molecule has 22 heavy (non-hydrogen) atoms. The number of nitrogens with one attached hydrogen (secondary N) is 1. The molecule has 126 valence electrons. The van der Waals surface area contributed by atoms with Crippen LogP contribution in [0.1, 0.15) is 12.8 Å². The molecule has 0 aliphatic carbocycles. The lowest BCUT2D eigenvalue weighted by Crippen LogP contribution is -2.43. The molecule has 1 aliphatic heterocycles. The number of benzene rings is 1. The van der Waals surface area contributed by atoms with Gasteiger partial charge in [0.2, 0.25) is 20.0 Å². The molecule has 7 nitrogen and oxygen atoms in total. The number of hydrogen-bond donors (Lipinski definition) is 2. The van der Waals surface area contributed by atoms with Gasteiger partial charge in [0.1, 0.15) is 0 Å². The van der Waals surface area contributed by atoms with Crippen LogP contribution in [-0.4, -0.2) is 47.3 Å². The molecule has 0 spiro atoms. The molecular weight excluding hydrogens is 350 g/mol. The number of nitrogens with two attached hydrogens (primary N) is 1. The maximum absolute atomic E-state index is 12.6. The van der Waals surface area contributed by atoms with E-state index in [1.165, 1.54) is 29.6 Å². The van der Waals surface area contributed by atoms with Gasteiger partial charge in [0, 0.05) is 13.1 Å². The summed E-state index contributed by atoms with van der Waals surface area (Å²) in [4.78, 5) is -0.266. The Kier molecular flexibility index (Phi) is 6.36. The fourth-order valence-corrected chi connectivity index (χ4v) is 4.44. The van der Waals surface area contributed by atoms with E-state index in [1.54, 1.807) is 0 Å². The van der Waals surface area contributed by atoms with Crippen LogP contribution in [0.2, 0.25) is 0 Å². The van der Waals surface area contributed by atoms with Crippen LogP contribution in [-0.2, 0) is 20.0 Å². The smallest absolute Gasteiger partial charge is 0.243 e. The molecule has 1 fully saturated rings. The lowest BCUT2D eigenvalue weighted by atomic mass is 10.1. The normalized spacial score (nSPS) is 17.2. The van der Waals surface area contributed by atoms with Gasteiger partial charge in [-0.3, -0.25) is 0 Å². The lowest BCUT2D eigenvalue weighted by molar-refractivity contribution is 0.296. The minimum Gasteiger partial charge on any atom is -0.317 e. The summed E-state index contributed by atoms with van der Waals surface area (Å²) < 4.78 is 49.2. The molecule has 1 saturated heterocycles. The molecule has 2 rings (SSSR count). The number of sulfonamides is 2. The molecular formula is C12H20ClN3O4S2. The Labute approximate surface area is 137 Å². The summed E-state index contributed by atoms with van der Waals surface area (Å²) in [5, 5.41) is 8.22. The van der Waals surface area contributed by atoms with Gasteiger partial charge in [-0.15, -0.1) is 12.4 Å². The van der Waals surface area contributed by atoms with Gasteiger partial charge < -0.3 is 5.32 Å². The van der Waals surface area contributed by atoms with Gasteiger partial charge in [-0.1, -0.05) is 6.07 Å². The van der Waals surface area contributed by atoms with Crippen molar-refractivity contribution in [3.05, 3.63) is 24.3 Å². The van der Waals surface area contributed by atoms with Gasteiger partial charge in [-0.2, -0.15) is 4.31 Å². The Balaban J connectivity index is 0.00000242. The van der Waals surface area contributed by atoms with Crippen LogP contribution in [0.4, 0.5) is 0 Å². The van der Waals surface area contributed by atoms with Crippen molar-refractivity contribution in [1.29, 1.82) is 0 Å². The second-order valence-electron chi connectivity index (χ2n) is 5.02. The summed E-state index contributed by atoms with van der Waals surface area (Å²) in [7, 11) is -6.14. The van der Waals surface area contributed by atoms with E-state index in [0.29, 0.717) is 0 Å². The summed E-state index contributed by atoms with van der Waals surface area (Å²) in [6.07, 6.45) is 1.45. The number of primary sulfonamides is 1. The van der Waals surface area contributed by atoms with Crippen molar-refractivity contribution in [2.24, 2.45) is 5.14 Å². The van der Waals surface area contributed by atoms with Gasteiger partial charge in [0.25, 0.3) is 0 Å². The summed E-state index contributed by atoms with van der Waals surface area (Å²) in [5.74, 6) is 0. The van der Waals surface area contributed by atoms with Crippen molar-refractivity contribution < 1.29 is 16.8 Å². The van der Waals surface area contributed by atoms with E-state index >= 15 is 0 Å². The lowest BCUT2D eigenvalue weighted by Gasteiger charge is -2.30. The molecule has 0 atom stereocenters. The Hall–Kier alpha value is -0.710. The third-order valence-electron chi connectivity index (χ3n) is 3.63. The number of halogens is 1. The first-order chi connectivity index (χ1) is 9.73. The average molecular weight is 370 g/mol. The summed E-state index contributed by atoms with van der Waals surface area (Å²) in [6, 6.07) is 5.04. The predicted octanol–water partition coefficient (Wildman–Crippen LogP) is 0.128. The Morgan fingerprint density at radius 2 is 1.68 bits per heavy atom. The predicted molar refractivity (Wildman–Crippen MR) is 85.9 cm³/mol. The molecule has 0 aromatic heterocycles. The standard InChI is InChI=1S/C12H19N3O4S2.ClH/c1-15(10-5-7-14-8-6-10)21(18,19)12-4-2-3-11(9-12)20(13,16)17;/h2-4,9-10,14H,5-8H2,1H3,(H2,13,16,17);1H. The maximum Gasteiger partial charge on any atom is 0.243 e. The van der Waals surface area contributed by atoms with E-state index in [0.717, 1.165) is 32.0 Å². The van der Waals surface area contributed by atoms with Gasteiger partial charge in [-0.05, 0) is 44.1 Å². The zero-order valence-corrected chi connectivity index (χ0v) is 14.5. The molecule has 0 unspecified atom stereocenters. The average Bonchev–Trinajstić information content (AvgIpc) is 2.46. The van der Waals surface area contributed by atoms with Crippen LogP contribution in [0.3, 0.4) is 0 Å². The molecule has 0 saturated carbocycles. The zero-order chi connectivity index (χ0) is 15.7. The molecule has 3 N–H and O–H groups in total. The first-order valence-electron chi connectivity index (χ1n) is 6.54. The molecule has 1 aromatic carbocycles. The first-order valence-corrected chi connectivity index (χ1v) is 9.53. The van der Waals surface area contributed by atoms with Gasteiger partial charge in [0.05, 0.1) is 9.79 Å². The highest BCUT2D eigenvalue weighted by Crippen LogP contribution is 2.22. The van der Waals surface area contributed by atoms with Crippen LogP contribution >= 0.6 is 12.4 Å². The summed E-state index contributed by atoms with van der Waals surface area (Å²) >= 11 is 0. The number of piperidine rings is 1. The van der Waals surface area contributed by atoms with Crippen molar-refractivity contribution in [3.8, 4) is 0 Å². The molecule has 0 radical (unpaired) electrons. The minimum atomic E-state index is -3.93. The zero-order valence-electron chi connectivity index (χ0n) is 12.1. The van der Waals surface area contributed by atoms with Crippen LogP contribution in [0, 0.1) is 0 Å². The fraction of sp³-hybridized carbons (Fsp3) is 0.500. The molecule has 1 aromatic rings. The third kappa shape index (κ3) is 4.18. The highest BCUT2D eigenvalue weighted by molar-refractivity contribution is 7.90. The monoisotopic (exact) mass is 369 g/mol. The van der Waals surface area contributed by atoms with E-state index in [9.17, 15) is 16.8 Å². The fourth-order valence-electron chi connectivity index (χ4n) is 2.34. The van der Waals surface area contributed by atoms with Crippen molar-refractivity contribution >= 4 is 32.5 Å². The topological polar surface area (TPSA) is 110 Å². The SMILES string of the molecule is CN(C1CCNCC1)S(=O)(=O)c1cccc(S(N)(=O)=O)c1.Cl. The highest BCUT2D eigenvalue weighted by Gasteiger charge is 2.29. The Bertz CT molecular complexity index is 716. The number of rotatable bonds is 4. The van der Waals surface area contributed by atoms with Crippen molar-refractivity contribution in [2.75, 3.05) is 20.1 Å². The second kappa shape index (κ2) is 7.24. The van der Waals surface area contributed by atoms with E-state index in [1.807, 2.05) is 0 Å². The number of nitrogens with zero attached hydrogens (tertiary/aromatic N) is 1. The molecule has 0 amide bonds. The van der Waals surface area contributed by atoms with E-state index in [-0.39, 0.29) is 28.2 Å². The van der Waals surface area contributed by atoms with Crippen LogP contribution in [0.5, 0.6) is 0 Å². The molecule has 0 bridgehead atoms. The molecule has 1 aliphatic rings. The van der Waals surface area contributed by atoms with E-state index in [2.05, 4.69) is 5.32 Å². The summed E-state index contributed by atoms with van der Waals surface area (Å²) in [6.45, 7) is 1.53. The number of hydrogen-bond acceptors (Lipinski definition) is 5. The highest BCUT2D eigenvalue weighted by atomic mass is 35.5. The van der Waals surface area contributed by atoms with Crippen LogP contribution < -0.4 is 10.5 Å². The van der Waals surface area contributed by atoms with Crippen LogP contribution in [0.25, 0.3) is 0 Å². The van der Waals surface area contributed by atoms with Crippen molar-refractivity contribution in [3.63, 3.8) is 0 Å². The largest absolute Gasteiger partial charge is 0.317 e. The Morgan fingerprint density at radius 1 is 1.14 bits per heavy atom. The van der Waals surface area contributed by atoms with Crippen LogP contribution in [0.15, 0.2) is 34.1 Å². The minimum absolute atomic E-state index is 0. The van der Waals surface area contributed by atoms with Crippen molar-refractivity contribution in [2.45, 2.75) is 28.7 Å². The third-order valence-corrected chi connectivity index (χ3v) is 6.45. The van der Waals surface area contributed by atoms with Crippen molar-refractivity contribution in [1.82, 2.24) is 9.62 Å². The second-order valence-corrected chi connectivity index (χ2v) is 8.58. The van der Waals surface area contributed by atoms with E-state index < -0.39 is 20.0 Å². The quantitative estimate of drug-likeness (QED) is 0.783. The molecule has 10 heteroatoms. The first kappa shape index (κ1) is 19.3. The van der Waals surface area contributed by atoms with E-state index in [4.69, 9.17) is 5.14 Å². The Morgan fingerprint density at radius 3 is 2.23 bits per heavy atom. The van der Waals surface area contributed by atoms with Gasteiger partial charge in [0.15, 0.2) is 0 Å².